The van der Waals surface area contributed by atoms with Gasteiger partial charge in [0, 0.05) is 10.9 Å². The molecule has 0 bridgehead atoms. The number of aromatic nitrogens is 2. The number of amides is 1. The zero-order valence-corrected chi connectivity index (χ0v) is 14.6. The Morgan fingerprint density at radius 1 is 0.889 bits per heavy atom. The highest BCUT2D eigenvalue weighted by atomic mass is 16.2. The Kier molecular flexibility index (Phi) is 3.61. The minimum Gasteiger partial charge on any atom is -0.303 e. The van der Waals surface area contributed by atoms with Gasteiger partial charge in [-0.1, -0.05) is 60.7 Å². The van der Waals surface area contributed by atoms with Crippen molar-refractivity contribution in [2.75, 3.05) is 4.90 Å². The van der Waals surface area contributed by atoms with Gasteiger partial charge in [-0.15, -0.1) is 0 Å². The highest BCUT2D eigenvalue weighted by Crippen LogP contribution is 2.31. The van der Waals surface area contributed by atoms with Crippen molar-refractivity contribution in [2.45, 2.75) is 6.54 Å². The van der Waals surface area contributed by atoms with Crippen LogP contribution in [0.15, 0.2) is 72.8 Å². The second kappa shape index (κ2) is 6.25. The van der Waals surface area contributed by atoms with Crippen LogP contribution in [0.2, 0.25) is 0 Å². The summed E-state index contributed by atoms with van der Waals surface area (Å²) in [4.78, 5) is 14.7. The van der Waals surface area contributed by atoms with E-state index in [2.05, 4.69) is 10.2 Å². The first-order valence-electron chi connectivity index (χ1n) is 8.91. The van der Waals surface area contributed by atoms with Crippen LogP contribution >= 0.6 is 0 Å². The number of benzene rings is 3. The Morgan fingerprint density at radius 2 is 1.67 bits per heavy atom. The summed E-state index contributed by atoms with van der Waals surface area (Å²) >= 11 is 0. The van der Waals surface area contributed by atoms with Gasteiger partial charge in [-0.25, -0.2) is 0 Å². The lowest BCUT2D eigenvalue weighted by Gasteiger charge is -2.18. The number of carbonyl (C=O) groups is 1. The van der Waals surface area contributed by atoms with Crippen LogP contribution in [0.5, 0.6) is 0 Å². The number of fused-ring (bicyclic) bond motifs is 2. The van der Waals surface area contributed by atoms with Gasteiger partial charge in [-0.05, 0) is 35.4 Å². The van der Waals surface area contributed by atoms with E-state index in [0.717, 1.165) is 39.0 Å². The van der Waals surface area contributed by atoms with Crippen LogP contribution in [0.1, 0.15) is 27.2 Å². The molecule has 0 saturated heterocycles. The zero-order valence-electron chi connectivity index (χ0n) is 14.6. The SMILES string of the molecule is O=C1c2ccccc2CN1c1ccccc1C=Cc1n[nH]c2ccccc12. The largest absolute Gasteiger partial charge is 0.303 e. The molecule has 0 atom stereocenters. The first kappa shape index (κ1) is 15.6. The predicted octanol–water partition coefficient (Wildman–Crippen LogP) is 4.89. The average Bonchev–Trinajstić information content (AvgIpc) is 3.28. The minimum atomic E-state index is 0.0525. The molecule has 4 aromatic rings. The van der Waals surface area contributed by atoms with Gasteiger partial charge in [-0.2, -0.15) is 5.10 Å². The molecule has 1 aromatic heterocycles. The first-order chi connectivity index (χ1) is 13.3. The highest BCUT2D eigenvalue weighted by molar-refractivity contribution is 6.11. The number of hydrogen-bond donors (Lipinski definition) is 1. The van der Waals surface area contributed by atoms with Crippen molar-refractivity contribution in [3.63, 3.8) is 0 Å². The highest BCUT2D eigenvalue weighted by Gasteiger charge is 2.28. The van der Waals surface area contributed by atoms with Crippen LogP contribution < -0.4 is 4.90 Å². The first-order valence-corrected chi connectivity index (χ1v) is 8.91. The Bertz CT molecular complexity index is 1190. The third-order valence-corrected chi connectivity index (χ3v) is 4.97. The number of nitrogens with zero attached hydrogens (tertiary/aromatic N) is 2. The Balaban J connectivity index is 1.52. The third kappa shape index (κ3) is 2.62. The lowest BCUT2D eigenvalue weighted by atomic mass is 10.1. The van der Waals surface area contributed by atoms with E-state index in [1.165, 1.54) is 0 Å². The lowest BCUT2D eigenvalue weighted by Crippen LogP contribution is -2.23. The molecule has 130 valence electrons. The van der Waals surface area contributed by atoms with Gasteiger partial charge >= 0.3 is 0 Å². The minimum absolute atomic E-state index is 0.0525. The summed E-state index contributed by atoms with van der Waals surface area (Å²) in [5, 5.41) is 8.52. The number of hydrogen-bond acceptors (Lipinski definition) is 2. The molecule has 3 aromatic carbocycles. The maximum atomic E-state index is 12.8. The number of aromatic amines is 1. The number of nitrogens with one attached hydrogen (secondary N) is 1. The second-order valence-corrected chi connectivity index (χ2v) is 6.60. The monoisotopic (exact) mass is 351 g/mol. The Morgan fingerprint density at radius 3 is 2.59 bits per heavy atom. The van der Waals surface area contributed by atoms with Crippen molar-refractivity contribution in [2.24, 2.45) is 0 Å². The van der Waals surface area contributed by atoms with Gasteiger partial charge in [0.1, 0.15) is 0 Å². The predicted molar refractivity (Wildman–Crippen MR) is 108 cm³/mol. The second-order valence-electron chi connectivity index (χ2n) is 6.60. The molecule has 0 fully saturated rings. The zero-order chi connectivity index (χ0) is 18.2. The Labute approximate surface area is 156 Å². The number of rotatable bonds is 3. The molecular formula is C23H17N3O. The van der Waals surface area contributed by atoms with Gasteiger partial charge < -0.3 is 4.90 Å². The number of H-pyrrole nitrogens is 1. The van der Waals surface area contributed by atoms with E-state index < -0.39 is 0 Å². The van der Waals surface area contributed by atoms with Gasteiger partial charge in [0.05, 0.1) is 23.4 Å². The molecule has 0 unspecified atom stereocenters. The van der Waals surface area contributed by atoms with Gasteiger partial charge in [0.25, 0.3) is 5.91 Å². The van der Waals surface area contributed by atoms with Crippen LogP contribution in [0.4, 0.5) is 5.69 Å². The van der Waals surface area contributed by atoms with Crippen molar-refractivity contribution in [1.29, 1.82) is 0 Å². The molecule has 0 saturated carbocycles. The maximum Gasteiger partial charge on any atom is 0.258 e. The van der Waals surface area contributed by atoms with Crippen molar-refractivity contribution < 1.29 is 4.79 Å². The number of anilines is 1. The molecule has 0 radical (unpaired) electrons. The molecular weight excluding hydrogens is 334 g/mol. The fourth-order valence-electron chi connectivity index (χ4n) is 3.60. The Hall–Kier alpha value is -3.66. The topological polar surface area (TPSA) is 49.0 Å². The summed E-state index contributed by atoms with van der Waals surface area (Å²) in [6.45, 7) is 0.602. The van der Waals surface area contributed by atoms with E-state index in [0.29, 0.717) is 6.54 Å². The van der Waals surface area contributed by atoms with E-state index >= 15 is 0 Å². The average molecular weight is 351 g/mol. The fraction of sp³-hybridized carbons (Fsp3) is 0.0435. The van der Waals surface area contributed by atoms with E-state index in [1.54, 1.807) is 0 Å². The van der Waals surface area contributed by atoms with Crippen LogP contribution in [-0.2, 0) is 6.54 Å². The summed E-state index contributed by atoms with van der Waals surface area (Å²) < 4.78 is 0. The summed E-state index contributed by atoms with van der Waals surface area (Å²) in [5.41, 5.74) is 5.65. The van der Waals surface area contributed by atoms with E-state index in [-0.39, 0.29) is 5.91 Å². The number of carbonyl (C=O) groups excluding carboxylic acids is 1. The number of para-hydroxylation sites is 2. The van der Waals surface area contributed by atoms with Crippen molar-refractivity contribution in [1.82, 2.24) is 10.2 Å². The van der Waals surface area contributed by atoms with Gasteiger partial charge in [0.2, 0.25) is 0 Å². The quantitative estimate of drug-likeness (QED) is 0.571. The molecule has 2 heterocycles. The normalized spacial score (nSPS) is 13.6. The standard InChI is InChI=1S/C23H17N3O/c27-23-18-9-3-1-8-17(18)15-26(23)22-12-6-2-7-16(22)13-14-21-19-10-4-5-11-20(19)24-25-21/h1-14H,15H2,(H,24,25). The summed E-state index contributed by atoms with van der Waals surface area (Å²) in [6, 6.07) is 23.8. The summed E-state index contributed by atoms with van der Waals surface area (Å²) in [7, 11) is 0. The summed E-state index contributed by atoms with van der Waals surface area (Å²) in [6.07, 6.45) is 4.01. The molecule has 1 N–H and O–H groups in total. The molecule has 5 rings (SSSR count). The molecule has 4 nitrogen and oxygen atoms in total. The van der Waals surface area contributed by atoms with E-state index in [9.17, 15) is 4.79 Å². The molecule has 4 heteroatoms. The van der Waals surface area contributed by atoms with Crippen LogP contribution in [0.3, 0.4) is 0 Å². The van der Waals surface area contributed by atoms with Crippen LogP contribution in [0, 0.1) is 0 Å². The molecule has 0 aliphatic carbocycles. The maximum absolute atomic E-state index is 12.8. The van der Waals surface area contributed by atoms with Gasteiger partial charge in [-0.3, -0.25) is 9.89 Å². The lowest BCUT2D eigenvalue weighted by molar-refractivity contribution is 0.0996. The summed E-state index contributed by atoms with van der Waals surface area (Å²) in [5.74, 6) is 0.0525. The smallest absolute Gasteiger partial charge is 0.258 e. The van der Waals surface area contributed by atoms with Gasteiger partial charge in [0.15, 0.2) is 0 Å². The third-order valence-electron chi connectivity index (χ3n) is 4.97. The van der Waals surface area contributed by atoms with Crippen molar-refractivity contribution in [3.05, 3.63) is 95.2 Å². The van der Waals surface area contributed by atoms with Crippen LogP contribution in [-0.4, -0.2) is 16.1 Å². The molecule has 0 spiro atoms. The molecule has 1 amide bonds. The fourth-order valence-corrected chi connectivity index (χ4v) is 3.60. The van der Waals surface area contributed by atoms with E-state index in [4.69, 9.17) is 0 Å². The van der Waals surface area contributed by atoms with Crippen molar-refractivity contribution in [3.8, 4) is 0 Å². The molecule has 1 aliphatic rings. The molecule has 1 aliphatic heterocycles. The van der Waals surface area contributed by atoms with E-state index in [1.807, 2.05) is 89.8 Å². The van der Waals surface area contributed by atoms with Crippen LogP contribution in [0.25, 0.3) is 23.1 Å². The molecule has 27 heavy (non-hydrogen) atoms. The van der Waals surface area contributed by atoms with Crippen molar-refractivity contribution >= 4 is 34.6 Å².